The Labute approximate surface area is 177 Å². The Morgan fingerprint density at radius 1 is 1.22 bits per heavy atom. The number of ether oxygens (including phenoxy) is 1. The van der Waals surface area contributed by atoms with E-state index in [2.05, 4.69) is 20.9 Å². The number of amides is 1. The lowest BCUT2D eigenvalue weighted by Crippen LogP contribution is -2.37. The molecule has 148 valence electrons. The van der Waals surface area contributed by atoms with Crippen LogP contribution in [0, 0.1) is 0 Å². The molecule has 8 heteroatoms. The first-order valence-electron chi connectivity index (χ1n) is 8.58. The van der Waals surface area contributed by atoms with Crippen LogP contribution in [0.4, 0.5) is 0 Å². The van der Waals surface area contributed by atoms with E-state index in [0.29, 0.717) is 31.3 Å². The fourth-order valence-corrected chi connectivity index (χ4v) is 2.32. The summed E-state index contributed by atoms with van der Waals surface area (Å²) in [5.41, 5.74) is 1.65. The highest BCUT2D eigenvalue weighted by Crippen LogP contribution is 2.05. The van der Waals surface area contributed by atoms with Crippen LogP contribution in [0.25, 0.3) is 0 Å². The van der Waals surface area contributed by atoms with Crippen molar-refractivity contribution in [1.82, 2.24) is 16.0 Å². The van der Waals surface area contributed by atoms with Crippen molar-refractivity contribution in [1.29, 1.82) is 0 Å². The largest absolute Gasteiger partial charge is 0.467 e. The monoisotopic (exact) mass is 486 g/mol. The van der Waals surface area contributed by atoms with E-state index in [-0.39, 0.29) is 29.9 Å². The van der Waals surface area contributed by atoms with Gasteiger partial charge in [-0.15, -0.1) is 24.0 Å². The maximum atomic E-state index is 11.7. The molecule has 0 fully saturated rings. The number of nitrogens with one attached hydrogen (secondary N) is 3. The summed E-state index contributed by atoms with van der Waals surface area (Å²) in [5.74, 6) is 1.44. The molecule has 7 nitrogen and oxygen atoms in total. The number of hydrogen-bond donors (Lipinski definition) is 3. The molecule has 0 saturated heterocycles. The predicted octanol–water partition coefficient (Wildman–Crippen LogP) is 2.53. The van der Waals surface area contributed by atoms with Gasteiger partial charge in [-0.05, 0) is 36.2 Å². The summed E-state index contributed by atoms with van der Waals surface area (Å²) in [7, 11) is 3.35. The van der Waals surface area contributed by atoms with Crippen LogP contribution in [0.15, 0.2) is 52.1 Å². The van der Waals surface area contributed by atoms with Crippen molar-refractivity contribution in [2.24, 2.45) is 4.99 Å². The van der Waals surface area contributed by atoms with Crippen LogP contribution >= 0.6 is 24.0 Å². The van der Waals surface area contributed by atoms with Crippen molar-refractivity contribution in [2.75, 3.05) is 27.2 Å². The minimum absolute atomic E-state index is 0. The Bertz CT molecular complexity index is 705. The van der Waals surface area contributed by atoms with E-state index in [0.717, 1.165) is 24.3 Å². The van der Waals surface area contributed by atoms with Gasteiger partial charge in [0.25, 0.3) is 5.91 Å². The van der Waals surface area contributed by atoms with Gasteiger partial charge in [0.15, 0.2) is 5.96 Å². The molecule has 0 aliphatic heterocycles. The third-order valence-electron chi connectivity index (χ3n) is 3.68. The zero-order chi connectivity index (χ0) is 18.6. The highest BCUT2D eigenvalue weighted by atomic mass is 127. The number of benzene rings is 1. The molecule has 1 aromatic heterocycles. The molecular weight excluding hydrogens is 459 g/mol. The zero-order valence-corrected chi connectivity index (χ0v) is 18.0. The third kappa shape index (κ3) is 8.44. The highest BCUT2D eigenvalue weighted by molar-refractivity contribution is 14.0. The summed E-state index contributed by atoms with van der Waals surface area (Å²) in [6.45, 7) is 2.45. The molecule has 0 aliphatic rings. The van der Waals surface area contributed by atoms with Crippen molar-refractivity contribution < 1.29 is 13.9 Å². The van der Waals surface area contributed by atoms with Gasteiger partial charge < -0.3 is 25.1 Å². The third-order valence-corrected chi connectivity index (χ3v) is 3.68. The van der Waals surface area contributed by atoms with Crippen LogP contribution in [0.5, 0.6) is 0 Å². The van der Waals surface area contributed by atoms with Crippen molar-refractivity contribution in [2.45, 2.75) is 19.6 Å². The van der Waals surface area contributed by atoms with E-state index in [1.54, 1.807) is 26.4 Å². The maximum absolute atomic E-state index is 11.7. The van der Waals surface area contributed by atoms with Crippen molar-refractivity contribution >= 4 is 35.8 Å². The number of aliphatic imine (C=N–C) groups is 1. The molecule has 2 aromatic rings. The summed E-state index contributed by atoms with van der Waals surface area (Å²) in [5, 5.41) is 9.10. The number of hydrogen-bond acceptors (Lipinski definition) is 4. The number of carbonyl (C=O) groups is 1. The Hall–Kier alpha value is -2.07. The van der Waals surface area contributed by atoms with Crippen LogP contribution in [0.1, 0.15) is 28.1 Å². The van der Waals surface area contributed by atoms with Crippen LogP contribution in [0.2, 0.25) is 0 Å². The zero-order valence-electron chi connectivity index (χ0n) is 15.7. The highest BCUT2D eigenvalue weighted by Gasteiger charge is 2.04. The normalized spacial score (nSPS) is 10.8. The Kier molecular flexibility index (Phi) is 11.2. The Balaban J connectivity index is 0.00000364. The fourth-order valence-electron chi connectivity index (χ4n) is 2.32. The maximum Gasteiger partial charge on any atom is 0.251 e. The van der Waals surface area contributed by atoms with Gasteiger partial charge in [-0.2, -0.15) is 0 Å². The fraction of sp³-hybridized carbons (Fsp3) is 0.368. The van der Waals surface area contributed by atoms with E-state index in [1.165, 1.54) is 0 Å². The first-order chi connectivity index (χ1) is 12.7. The molecule has 0 unspecified atom stereocenters. The average Bonchev–Trinajstić information content (AvgIpc) is 3.20. The molecule has 0 spiro atoms. The second-order valence-electron chi connectivity index (χ2n) is 5.62. The second-order valence-corrected chi connectivity index (χ2v) is 5.62. The number of nitrogens with zero attached hydrogens (tertiary/aromatic N) is 1. The average molecular weight is 486 g/mol. The summed E-state index contributed by atoms with van der Waals surface area (Å²) in [6.07, 6.45) is 2.49. The Morgan fingerprint density at radius 2 is 2.07 bits per heavy atom. The summed E-state index contributed by atoms with van der Waals surface area (Å²) in [4.78, 5) is 15.9. The van der Waals surface area contributed by atoms with E-state index >= 15 is 0 Å². The Morgan fingerprint density at radius 3 is 2.78 bits per heavy atom. The minimum Gasteiger partial charge on any atom is -0.467 e. The van der Waals surface area contributed by atoms with Gasteiger partial charge in [-0.1, -0.05) is 12.1 Å². The molecule has 2 rings (SSSR count). The SMILES string of the molecule is CN=C(NCCCOCc1ccco1)NCc1cccc(C(=O)NC)c1.I. The van der Waals surface area contributed by atoms with Crippen LogP contribution in [-0.2, 0) is 17.9 Å². The first-order valence-corrected chi connectivity index (χ1v) is 8.58. The molecule has 27 heavy (non-hydrogen) atoms. The van der Waals surface area contributed by atoms with Gasteiger partial charge in [-0.25, -0.2) is 0 Å². The van der Waals surface area contributed by atoms with E-state index in [1.807, 2.05) is 30.3 Å². The quantitative estimate of drug-likeness (QED) is 0.220. The van der Waals surface area contributed by atoms with Gasteiger partial charge in [0.2, 0.25) is 0 Å². The summed E-state index contributed by atoms with van der Waals surface area (Å²) >= 11 is 0. The van der Waals surface area contributed by atoms with Crippen molar-refractivity contribution in [3.8, 4) is 0 Å². The molecule has 1 heterocycles. The van der Waals surface area contributed by atoms with Crippen LogP contribution < -0.4 is 16.0 Å². The van der Waals surface area contributed by atoms with Crippen LogP contribution in [0.3, 0.4) is 0 Å². The lowest BCUT2D eigenvalue weighted by atomic mass is 10.1. The molecule has 0 aliphatic carbocycles. The summed E-state index contributed by atoms with van der Waals surface area (Å²) in [6, 6.07) is 11.2. The topological polar surface area (TPSA) is 87.9 Å². The summed E-state index contributed by atoms with van der Waals surface area (Å²) < 4.78 is 10.7. The van der Waals surface area contributed by atoms with Gasteiger partial charge in [0, 0.05) is 39.4 Å². The van der Waals surface area contributed by atoms with E-state index < -0.39 is 0 Å². The number of halogens is 1. The number of carbonyl (C=O) groups excluding carboxylic acids is 1. The molecular formula is C19H27IN4O3. The van der Waals surface area contributed by atoms with E-state index in [9.17, 15) is 4.79 Å². The molecule has 0 radical (unpaired) electrons. The van der Waals surface area contributed by atoms with Gasteiger partial charge in [0.05, 0.1) is 6.26 Å². The number of guanidine groups is 1. The van der Waals surface area contributed by atoms with Gasteiger partial charge >= 0.3 is 0 Å². The molecule has 3 N–H and O–H groups in total. The first kappa shape index (κ1) is 23.0. The molecule has 1 aromatic carbocycles. The lowest BCUT2D eigenvalue weighted by molar-refractivity contribution is 0.0963. The molecule has 0 bridgehead atoms. The van der Waals surface area contributed by atoms with Crippen LogP contribution in [-0.4, -0.2) is 39.1 Å². The number of rotatable bonds is 9. The lowest BCUT2D eigenvalue weighted by Gasteiger charge is -2.12. The minimum atomic E-state index is -0.0936. The number of furan rings is 1. The smallest absolute Gasteiger partial charge is 0.251 e. The second kappa shape index (κ2) is 13.2. The standard InChI is InChI=1S/C19H26N4O3.HI/c1-20-18(24)16-7-3-6-15(12-16)13-23-19(21-2)22-9-5-10-25-14-17-8-4-11-26-17;/h3-4,6-8,11-12H,5,9-10,13-14H2,1-2H3,(H,20,24)(H2,21,22,23);1H. The van der Waals surface area contributed by atoms with Gasteiger partial charge in [-0.3, -0.25) is 9.79 Å². The van der Waals surface area contributed by atoms with Crippen molar-refractivity contribution in [3.05, 3.63) is 59.5 Å². The van der Waals surface area contributed by atoms with E-state index in [4.69, 9.17) is 9.15 Å². The van der Waals surface area contributed by atoms with Crippen molar-refractivity contribution in [3.63, 3.8) is 0 Å². The molecule has 0 atom stereocenters. The molecule has 1 amide bonds. The molecule has 0 saturated carbocycles. The predicted molar refractivity (Wildman–Crippen MR) is 116 cm³/mol. The van der Waals surface area contributed by atoms with Gasteiger partial charge in [0.1, 0.15) is 12.4 Å².